The van der Waals surface area contributed by atoms with Crippen LogP contribution in [-0.4, -0.2) is 35.7 Å². The summed E-state index contributed by atoms with van der Waals surface area (Å²) in [5.74, 6) is 1.55. The van der Waals surface area contributed by atoms with Gasteiger partial charge in [0.15, 0.2) is 11.5 Å². The third kappa shape index (κ3) is 2.75. The van der Waals surface area contributed by atoms with E-state index in [2.05, 4.69) is 17.9 Å². The van der Waals surface area contributed by atoms with Crippen molar-refractivity contribution in [2.24, 2.45) is 0 Å². The Balaban J connectivity index is 0.00000147. The summed E-state index contributed by atoms with van der Waals surface area (Å²) in [6.07, 6.45) is 4.97. The highest BCUT2D eigenvalue weighted by Crippen LogP contribution is 2.44. The molecule has 0 amide bonds. The number of rotatable bonds is 3. The topological polar surface area (TPSA) is 32.7 Å². The Morgan fingerprint density at radius 1 is 1.40 bits per heavy atom. The summed E-state index contributed by atoms with van der Waals surface area (Å²) in [4.78, 5) is 2.59. The van der Waals surface area contributed by atoms with Gasteiger partial charge in [-0.15, -0.1) is 12.4 Å². The van der Waals surface area contributed by atoms with E-state index in [0.717, 1.165) is 12.4 Å². The molecule has 1 fully saturated rings. The van der Waals surface area contributed by atoms with E-state index in [1.54, 1.807) is 6.07 Å². The van der Waals surface area contributed by atoms with Crippen LogP contribution < -0.4 is 4.74 Å². The van der Waals surface area contributed by atoms with E-state index >= 15 is 0 Å². The number of nitrogens with zero attached hydrogens (tertiary/aromatic N) is 1. The molecular weight excluding hydrogens is 274 g/mol. The number of halogens is 1. The van der Waals surface area contributed by atoms with Crippen molar-refractivity contribution >= 4 is 12.4 Å². The fourth-order valence-corrected chi connectivity index (χ4v) is 3.51. The van der Waals surface area contributed by atoms with Gasteiger partial charge in [-0.3, -0.25) is 4.90 Å². The normalized spacial score (nSPS) is 25.1. The molecule has 0 aliphatic carbocycles. The maximum atomic E-state index is 9.92. The zero-order valence-electron chi connectivity index (χ0n) is 12.0. The van der Waals surface area contributed by atoms with Gasteiger partial charge in [0.25, 0.3) is 0 Å². The van der Waals surface area contributed by atoms with Gasteiger partial charge in [0.1, 0.15) is 6.61 Å². The van der Waals surface area contributed by atoms with Crippen molar-refractivity contribution in [2.75, 3.05) is 19.7 Å². The summed E-state index contributed by atoms with van der Waals surface area (Å²) in [6.45, 7) is 5.33. The molecule has 2 heterocycles. The molecule has 2 aliphatic rings. The summed E-state index contributed by atoms with van der Waals surface area (Å²) in [6, 6.07) is 6.27. The second kappa shape index (κ2) is 6.68. The highest BCUT2D eigenvalue weighted by molar-refractivity contribution is 5.85. The molecule has 0 radical (unpaired) electrons. The van der Waals surface area contributed by atoms with Crippen molar-refractivity contribution in [3.63, 3.8) is 0 Å². The van der Waals surface area contributed by atoms with E-state index in [1.165, 1.54) is 44.3 Å². The molecule has 20 heavy (non-hydrogen) atoms. The maximum Gasteiger partial charge on any atom is 0.164 e. The van der Waals surface area contributed by atoms with Gasteiger partial charge in [-0.05, 0) is 38.4 Å². The van der Waals surface area contributed by atoms with Gasteiger partial charge in [-0.2, -0.15) is 0 Å². The third-order valence-electron chi connectivity index (χ3n) is 4.52. The van der Waals surface area contributed by atoms with Crippen LogP contribution in [0, 0.1) is 0 Å². The lowest BCUT2D eigenvalue weighted by atomic mass is 9.81. The predicted molar refractivity (Wildman–Crippen MR) is 83.1 cm³/mol. The van der Waals surface area contributed by atoms with Crippen LogP contribution in [0.3, 0.4) is 0 Å². The number of unbranched alkanes of at least 4 members (excludes halogenated alkanes) is 1. The quantitative estimate of drug-likeness (QED) is 0.926. The highest BCUT2D eigenvalue weighted by atomic mass is 35.5. The Hall–Kier alpha value is -0.930. The second-order valence-electron chi connectivity index (χ2n) is 5.71. The maximum absolute atomic E-state index is 9.92. The van der Waals surface area contributed by atoms with Crippen LogP contribution in [-0.2, 0) is 0 Å². The van der Waals surface area contributed by atoms with Crippen molar-refractivity contribution in [3.8, 4) is 11.5 Å². The first-order valence-electron chi connectivity index (χ1n) is 7.50. The smallest absolute Gasteiger partial charge is 0.164 e. The summed E-state index contributed by atoms with van der Waals surface area (Å²) in [5.41, 5.74) is 1.21. The number of phenols is 1. The number of aromatic hydroxyl groups is 1. The molecule has 3 nitrogen and oxygen atoms in total. The van der Waals surface area contributed by atoms with E-state index in [-0.39, 0.29) is 12.4 Å². The Morgan fingerprint density at radius 2 is 2.25 bits per heavy atom. The Morgan fingerprint density at radius 3 is 3.05 bits per heavy atom. The molecule has 0 spiro atoms. The zero-order chi connectivity index (χ0) is 13.2. The number of hydrogen-bond acceptors (Lipinski definition) is 3. The van der Waals surface area contributed by atoms with Crippen molar-refractivity contribution in [1.82, 2.24) is 4.90 Å². The van der Waals surface area contributed by atoms with Crippen LogP contribution in [0.15, 0.2) is 18.2 Å². The van der Waals surface area contributed by atoms with E-state index in [4.69, 9.17) is 4.74 Å². The number of benzene rings is 1. The molecule has 3 rings (SSSR count). The van der Waals surface area contributed by atoms with E-state index in [0.29, 0.717) is 17.7 Å². The first-order chi connectivity index (χ1) is 9.31. The van der Waals surface area contributed by atoms with E-state index < -0.39 is 0 Å². The number of likely N-dealkylation sites (tertiary alicyclic amines) is 1. The fraction of sp³-hybridized carbons (Fsp3) is 0.625. The SMILES string of the molecule is CCCCN1CCC[C@H]2c3cccc(O)c3OC[C@@H]21.Cl. The molecule has 4 heteroatoms. The third-order valence-corrected chi connectivity index (χ3v) is 4.52. The molecule has 0 saturated carbocycles. The molecular formula is C16H24ClNO2. The fourth-order valence-electron chi connectivity index (χ4n) is 3.51. The van der Waals surface area contributed by atoms with Crippen molar-refractivity contribution in [1.29, 1.82) is 0 Å². The largest absolute Gasteiger partial charge is 0.504 e. The van der Waals surface area contributed by atoms with Crippen molar-refractivity contribution < 1.29 is 9.84 Å². The molecule has 0 aromatic heterocycles. The zero-order valence-corrected chi connectivity index (χ0v) is 12.9. The van der Waals surface area contributed by atoms with Crippen LogP contribution in [0.25, 0.3) is 0 Å². The summed E-state index contributed by atoms with van der Waals surface area (Å²) in [5, 5.41) is 9.92. The lowest BCUT2D eigenvalue weighted by molar-refractivity contribution is 0.0632. The Bertz CT molecular complexity index is 452. The Kier molecular flexibility index (Phi) is 5.17. The lowest BCUT2D eigenvalue weighted by Gasteiger charge is -2.44. The monoisotopic (exact) mass is 297 g/mol. The number of para-hydroxylation sites is 1. The number of fused-ring (bicyclic) bond motifs is 3. The molecule has 2 aliphatic heterocycles. The van der Waals surface area contributed by atoms with Gasteiger partial charge >= 0.3 is 0 Å². The minimum atomic E-state index is 0. The van der Waals surface area contributed by atoms with Gasteiger partial charge in [-0.1, -0.05) is 25.5 Å². The lowest BCUT2D eigenvalue weighted by Crippen LogP contribution is -2.49. The summed E-state index contributed by atoms with van der Waals surface area (Å²) >= 11 is 0. The number of phenolic OH excluding ortho intramolecular Hbond substituents is 1. The van der Waals surface area contributed by atoms with Crippen molar-refractivity contribution in [2.45, 2.75) is 44.6 Å². The molecule has 1 saturated heterocycles. The minimum absolute atomic E-state index is 0. The molecule has 0 unspecified atom stereocenters. The van der Waals surface area contributed by atoms with Gasteiger partial charge in [0.05, 0.1) is 6.04 Å². The van der Waals surface area contributed by atoms with E-state index in [9.17, 15) is 5.11 Å². The van der Waals surface area contributed by atoms with Gasteiger partial charge in [0.2, 0.25) is 0 Å². The summed E-state index contributed by atoms with van der Waals surface area (Å²) in [7, 11) is 0. The molecule has 1 aromatic carbocycles. The van der Waals surface area contributed by atoms with Crippen LogP contribution >= 0.6 is 12.4 Å². The second-order valence-corrected chi connectivity index (χ2v) is 5.71. The predicted octanol–water partition coefficient (Wildman–Crippen LogP) is 3.55. The number of piperidine rings is 1. The Labute approximate surface area is 127 Å². The highest BCUT2D eigenvalue weighted by Gasteiger charge is 2.37. The van der Waals surface area contributed by atoms with Crippen LogP contribution in [0.1, 0.15) is 44.1 Å². The number of ether oxygens (including phenoxy) is 1. The molecule has 2 atom stereocenters. The van der Waals surface area contributed by atoms with Gasteiger partial charge in [-0.25, -0.2) is 0 Å². The molecule has 112 valence electrons. The van der Waals surface area contributed by atoms with Gasteiger partial charge < -0.3 is 9.84 Å². The van der Waals surface area contributed by atoms with Crippen LogP contribution in [0.2, 0.25) is 0 Å². The molecule has 1 N–H and O–H groups in total. The average molecular weight is 298 g/mol. The van der Waals surface area contributed by atoms with E-state index in [1.807, 2.05) is 6.07 Å². The standard InChI is InChI=1S/C16H23NO2.ClH/c1-2-3-9-17-10-5-7-12-13-6-4-8-15(18)16(13)19-11-14(12)17;/h4,6,8,12,14,18H,2-3,5,7,9-11H2,1H3;1H/t12-,14-;/m0./s1. The minimum Gasteiger partial charge on any atom is -0.504 e. The van der Waals surface area contributed by atoms with Crippen LogP contribution in [0.5, 0.6) is 11.5 Å². The first-order valence-corrected chi connectivity index (χ1v) is 7.50. The first kappa shape index (κ1) is 15.5. The average Bonchev–Trinajstić information content (AvgIpc) is 2.45. The molecule has 1 aromatic rings. The van der Waals surface area contributed by atoms with Crippen LogP contribution in [0.4, 0.5) is 0 Å². The summed E-state index contributed by atoms with van der Waals surface area (Å²) < 4.78 is 5.84. The molecule has 0 bridgehead atoms. The number of hydrogen-bond donors (Lipinski definition) is 1. The van der Waals surface area contributed by atoms with Gasteiger partial charge in [0, 0.05) is 11.5 Å². The van der Waals surface area contributed by atoms with Crippen molar-refractivity contribution in [3.05, 3.63) is 23.8 Å².